The molecule has 0 unspecified atom stereocenters. The minimum Gasteiger partial charge on any atom is -0.478 e. The summed E-state index contributed by atoms with van der Waals surface area (Å²) in [6.07, 6.45) is 5.94. The Balaban J connectivity index is 3.12. The molecule has 3 nitrogen and oxygen atoms in total. The number of hydrogen-bond donors (Lipinski definition) is 2. The summed E-state index contributed by atoms with van der Waals surface area (Å²) in [5, 5.41) is 12.9. The van der Waals surface area contributed by atoms with Crippen LogP contribution in [0.4, 0.5) is 0 Å². The van der Waals surface area contributed by atoms with E-state index < -0.39 is 5.97 Å². The lowest BCUT2D eigenvalue weighted by atomic mass is 9.77. The maximum atomic E-state index is 11.4. The number of carboxylic acid groups (broad SMARTS) is 1. The molecular weight excluding hydrogens is 226 g/mol. The molecule has 102 valence electrons. The van der Waals surface area contributed by atoms with Crippen LogP contribution in [0.1, 0.15) is 53.9 Å². The molecule has 0 atom stereocenters. The third-order valence-electron chi connectivity index (χ3n) is 3.23. The largest absolute Gasteiger partial charge is 0.478 e. The van der Waals surface area contributed by atoms with Crippen LogP contribution in [-0.2, 0) is 4.79 Å². The smallest absolute Gasteiger partial charge is 0.331 e. The predicted molar refractivity (Wildman–Crippen MR) is 74.6 cm³/mol. The van der Waals surface area contributed by atoms with Gasteiger partial charge in [0.25, 0.3) is 0 Å². The van der Waals surface area contributed by atoms with Crippen molar-refractivity contribution in [2.45, 2.75) is 65.0 Å². The van der Waals surface area contributed by atoms with Crippen LogP contribution in [0.2, 0.25) is 0 Å². The zero-order valence-corrected chi connectivity index (χ0v) is 12.1. The Kier molecular flexibility index (Phi) is 4.38. The summed E-state index contributed by atoms with van der Waals surface area (Å²) in [6.45, 7) is 10.4. The van der Waals surface area contributed by atoms with Crippen molar-refractivity contribution >= 4 is 5.97 Å². The molecule has 1 saturated heterocycles. The predicted octanol–water partition coefficient (Wildman–Crippen LogP) is 3.27. The van der Waals surface area contributed by atoms with Crippen LogP contribution in [-0.4, -0.2) is 22.2 Å². The first-order valence-corrected chi connectivity index (χ1v) is 6.51. The SMILES string of the molecule is C/C=C/CC(C(=O)O)=C1CC(C)(C)NC(C)(C)C1. The molecule has 1 aliphatic rings. The summed E-state index contributed by atoms with van der Waals surface area (Å²) in [5.74, 6) is -0.781. The Hall–Kier alpha value is -1.09. The van der Waals surface area contributed by atoms with Crippen molar-refractivity contribution in [3.05, 3.63) is 23.3 Å². The molecule has 0 amide bonds. The minimum atomic E-state index is -0.781. The first kappa shape index (κ1) is 15.0. The van der Waals surface area contributed by atoms with E-state index >= 15 is 0 Å². The second-order valence-electron chi connectivity index (χ2n) is 6.41. The van der Waals surface area contributed by atoms with Gasteiger partial charge in [0.1, 0.15) is 0 Å². The molecule has 1 rings (SSSR count). The fraction of sp³-hybridized carbons (Fsp3) is 0.667. The van der Waals surface area contributed by atoms with Crippen molar-refractivity contribution in [1.82, 2.24) is 5.32 Å². The number of hydrogen-bond acceptors (Lipinski definition) is 2. The topological polar surface area (TPSA) is 49.3 Å². The van der Waals surface area contributed by atoms with Gasteiger partial charge in [-0.2, -0.15) is 0 Å². The number of rotatable bonds is 3. The van der Waals surface area contributed by atoms with E-state index in [9.17, 15) is 9.90 Å². The summed E-state index contributed by atoms with van der Waals surface area (Å²) in [5.41, 5.74) is 1.55. The van der Waals surface area contributed by atoms with Crippen LogP contribution < -0.4 is 5.32 Å². The van der Waals surface area contributed by atoms with Crippen LogP contribution in [0.3, 0.4) is 0 Å². The average molecular weight is 251 g/mol. The van der Waals surface area contributed by atoms with Crippen LogP contribution in [0.15, 0.2) is 23.3 Å². The van der Waals surface area contributed by atoms with E-state index in [1.165, 1.54) is 0 Å². The summed E-state index contributed by atoms with van der Waals surface area (Å²) in [4.78, 5) is 11.4. The number of allylic oxidation sites excluding steroid dienone is 2. The maximum Gasteiger partial charge on any atom is 0.331 e. The summed E-state index contributed by atoms with van der Waals surface area (Å²) in [7, 11) is 0. The Bertz CT molecular complexity index is 371. The van der Waals surface area contributed by atoms with Crippen molar-refractivity contribution in [3.63, 3.8) is 0 Å². The quantitative estimate of drug-likeness (QED) is 0.598. The molecule has 0 aliphatic carbocycles. The highest BCUT2D eigenvalue weighted by Gasteiger charge is 2.36. The van der Waals surface area contributed by atoms with Gasteiger partial charge in [-0.15, -0.1) is 0 Å². The lowest BCUT2D eigenvalue weighted by Crippen LogP contribution is -2.56. The van der Waals surface area contributed by atoms with Gasteiger partial charge < -0.3 is 10.4 Å². The second kappa shape index (κ2) is 5.27. The molecule has 2 N–H and O–H groups in total. The summed E-state index contributed by atoms with van der Waals surface area (Å²) in [6, 6.07) is 0. The number of aliphatic carboxylic acids is 1. The molecule has 0 radical (unpaired) electrons. The van der Waals surface area contributed by atoms with Gasteiger partial charge in [0, 0.05) is 16.7 Å². The highest BCUT2D eigenvalue weighted by atomic mass is 16.4. The number of nitrogens with one attached hydrogen (secondary N) is 1. The van der Waals surface area contributed by atoms with Crippen molar-refractivity contribution in [3.8, 4) is 0 Å². The van der Waals surface area contributed by atoms with Gasteiger partial charge in [-0.1, -0.05) is 17.7 Å². The molecule has 18 heavy (non-hydrogen) atoms. The van der Waals surface area contributed by atoms with Gasteiger partial charge >= 0.3 is 5.97 Å². The molecule has 0 saturated carbocycles. The maximum absolute atomic E-state index is 11.4. The van der Waals surface area contributed by atoms with E-state index in [-0.39, 0.29) is 11.1 Å². The van der Waals surface area contributed by atoms with E-state index in [0.29, 0.717) is 12.0 Å². The third-order valence-corrected chi connectivity index (χ3v) is 3.23. The fourth-order valence-corrected chi connectivity index (χ4v) is 2.97. The second-order valence-corrected chi connectivity index (χ2v) is 6.41. The standard InChI is InChI=1S/C15H25NO2/c1-6-7-8-12(13(17)18)11-9-14(2,3)16-15(4,5)10-11/h6-7,16H,8-10H2,1-5H3,(H,17,18)/b7-6+. The first-order chi connectivity index (χ1) is 8.17. The lowest BCUT2D eigenvalue weighted by molar-refractivity contribution is -0.132. The van der Waals surface area contributed by atoms with Gasteiger partial charge in [0.2, 0.25) is 0 Å². The molecule has 0 aromatic carbocycles. The Morgan fingerprint density at radius 2 is 1.78 bits per heavy atom. The van der Waals surface area contributed by atoms with Gasteiger partial charge in [-0.05, 0) is 53.9 Å². The molecule has 0 spiro atoms. The Morgan fingerprint density at radius 3 is 2.17 bits per heavy atom. The average Bonchev–Trinajstić information content (AvgIpc) is 2.12. The monoisotopic (exact) mass is 251 g/mol. The highest BCUT2D eigenvalue weighted by Crippen LogP contribution is 2.35. The molecule has 1 heterocycles. The number of carbonyl (C=O) groups is 1. The first-order valence-electron chi connectivity index (χ1n) is 6.51. The highest BCUT2D eigenvalue weighted by molar-refractivity contribution is 5.88. The normalized spacial score (nSPS) is 22.2. The van der Waals surface area contributed by atoms with Gasteiger partial charge in [-0.25, -0.2) is 4.79 Å². The van der Waals surface area contributed by atoms with Crippen molar-refractivity contribution in [2.24, 2.45) is 0 Å². The lowest BCUT2D eigenvalue weighted by Gasteiger charge is -2.44. The Morgan fingerprint density at radius 1 is 1.28 bits per heavy atom. The third kappa shape index (κ3) is 3.98. The van der Waals surface area contributed by atoms with E-state index in [0.717, 1.165) is 18.4 Å². The zero-order valence-electron chi connectivity index (χ0n) is 12.1. The van der Waals surface area contributed by atoms with Crippen molar-refractivity contribution in [1.29, 1.82) is 0 Å². The Labute approximate surface area is 110 Å². The molecule has 1 fully saturated rings. The minimum absolute atomic E-state index is 0.0479. The van der Waals surface area contributed by atoms with Gasteiger partial charge in [-0.3, -0.25) is 0 Å². The molecule has 3 heteroatoms. The van der Waals surface area contributed by atoms with E-state index in [4.69, 9.17) is 0 Å². The molecule has 0 bridgehead atoms. The number of carboxylic acids is 1. The molecule has 0 aromatic heterocycles. The van der Waals surface area contributed by atoms with Crippen LogP contribution in [0, 0.1) is 0 Å². The van der Waals surface area contributed by atoms with E-state index in [1.54, 1.807) is 0 Å². The molecule has 0 aromatic rings. The van der Waals surface area contributed by atoms with Crippen LogP contribution >= 0.6 is 0 Å². The molecular formula is C15H25NO2. The van der Waals surface area contributed by atoms with E-state index in [1.807, 2.05) is 19.1 Å². The van der Waals surface area contributed by atoms with Crippen molar-refractivity contribution < 1.29 is 9.90 Å². The van der Waals surface area contributed by atoms with Crippen LogP contribution in [0.5, 0.6) is 0 Å². The van der Waals surface area contributed by atoms with E-state index in [2.05, 4.69) is 33.0 Å². The van der Waals surface area contributed by atoms with Gasteiger partial charge in [0.05, 0.1) is 0 Å². The van der Waals surface area contributed by atoms with Gasteiger partial charge in [0.15, 0.2) is 0 Å². The summed E-state index contributed by atoms with van der Waals surface area (Å²) < 4.78 is 0. The fourth-order valence-electron chi connectivity index (χ4n) is 2.97. The number of piperidine rings is 1. The van der Waals surface area contributed by atoms with Crippen molar-refractivity contribution in [2.75, 3.05) is 0 Å². The molecule has 1 aliphatic heterocycles. The summed E-state index contributed by atoms with van der Waals surface area (Å²) >= 11 is 0. The van der Waals surface area contributed by atoms with Crippen LogP contribution in [0.25, 0.3) is 0 Å². The zero-order chi connectivity index (χ0) is 14.0.